The summed E-state index contributed by atoms with van der Waals surface area (Å²) in [6.45, 7) is 4.29. The molecule has 1 nitrogen and oxygen atoms in total. The van der Waals surface area contributed by atoms with Crippen LogP contribution in [0.5, 0.6) is 5.75 Å². The van der Waals surface area contributed by atoms with Gasteiger partial charge in [-0.25, -0.2) is 0 Å². The Hall–Kier alpha value is -0.630. The van der Waals surface area contributed by atoms with Gasteiger partial charge < -0.3 is 4.74 Å². The van der Waals surface area contributed by atoms with Gasteiger partial charge in [-0.2, -0.15) is 0 Å². The van der Waals surface area contributed by atoms with Gasteiger partial charge in [0.2, 0.25) is 0 Å². The van der Waals surface area contributed by atoms with Gasteiger partial charge in [-0.15, -0.1) is 12.6 Å². The fourth-order valence-corrected chi connectivity index (χ4v) is 1.39. The van der Waals surface area contributed by atoms with Crippen molar-refractivity contribution < 1.29 is 4.74 Å². The molecule has 0 aromatic heterocycles. The third-order valence-electron chi connectivity index (χ3n) is 1.84. The summed E-state index contributed by atoms with van der Waals surface area (Å²) < 4.78 is 5.23. The number of benzene rings is 1. The van der Waals surface area contributed by atoms with Gasteiger partial charge in [0.25, 0.3) is 0 Å². The van der Waals surface area contributed by atoms with Gasteiger partial charge in [0.15, 0.2) is 0 Å². The fraction of sp³-hybridized carbons (Fsp3) is 0.400. The van der Waals surface area contributed by atoms with E-state index in [4.69, 9.17) is 4.74 Å². The molecule has 1 aromatic carbocycles. The second-order valence-corrected chi connectivity index (χ2v) is 3.60. The van der Waals surface area contributed by atoms with Crippen molar-refractivity contribution >= 4 is 12.6 Å². The molecular formula is C10H14OS. The van der Waals surface area contributed by atoms with E-state index in [0.29, 0.717) is 5.92 Å². The average molecular weight is 182 g/mol. The summed E-state index contributed by atoms with van der Waals surface area (Å²) in [7, 11) is 1.69. The first-order valence-corrected chi connectivity index (χ1v) is 4.46. The zero-order valence-electron chi connectivity index (χ0n) is 7.66. The van der Waals surface area contributed by atoms with E-state index in [0.717, 1.165) is 10.6 Å². The summed E-state index contributed by atoms with van der Waals surface area (Å²) in [5, 5.41) is 0. The van der Waals surface area contributed by atoms with Crippen molar-refractivity contribution in [2.24, 2.45) is 0 Å². The number of ether oxygens (including phenoxy) is 1. The number of thiol groups is 1. The Labute approximate surface area is 79.2 Å². The molecule has 0 aliphatic carbocycles. The Bertz CT molecular complexity index is 269. The highest BCUT2D eigenvalue weighted by atomic mass is 32.1. The first-order valence-electron chi connectivity index (χ1n) is 4.02. The fourth-order valence-electron chi connectivity index (χ4n) is 1.17. The molecule has 0 N–H and O–H groups in total. The van der Waals surface area contributed by atoms with E-state index in [1.54, 1.807) is 7.11 Å². The molecule has 0 amide bonds. The van der Waals surface area contributed by atoms with Crippen molar-refractivity contribution in [1.82, 2.24) is 0 Å². The molecule has 0 saturated heterocycles. The maximum atomic E-state index is 5.23. The highest BCUT2D eigenvalue weighted by Gasteiger charge is 2.06. The molecule has 2 heteroatoms. The van der Waals surface area contributed by atoms with Crippen LogP contribution in [0.2, 0.25) is 0 Å². The Morgan fingerprint density at radius 2 is 2.00 bits per heavy atom. The van der Waals surface area contributed by atoms with Crippen molar-refractivity contribution in [3.63, 3.8) is 0 Å². The predicted molar refractivity (Wildman–Crippen MR) is 54.3 cm³/mol. The number of methoxy groups -OCH3 is 1. The molecule has 0 saturated carbocycles. The van der Waals surface area contributed by atoms with Gasteiger partial charge in [-0.05, 0) is 29.7 Å². The average Bonchev–Trinajstić information content (AvgIpc) is 2.04. The molecule has 0 bridgehead atoms. The van der Waals surface area contributed by atoms with Crippen LogP contribution in [0.25, 0.3) is 0 Å². The predicted octanol–water partition coefficient (Wildman–Crippen LogP) is 3.11. The molecule has 0 fully saturated rings. The SMILES string of the molecule is COc1ccc(S)cc1C(C)C. The summed E-state index contributed by atoms with van der Waals surface area (Å²) in [6.07, 6.45) is 0. The van der Waals surface area contributed by atoms with E-state index >= 15 is 0 Å². The third-order valence-corrected chi connectivity index (χ3v) is 2.11. The van der Waals surface area contributed by atoms with E-state index in [2.05, 4.69) is 26.5 Å². The first-order chi connectivity index (χ1) is 5.65. The zero-order chi connectivity index (χ0) is 9.14. The van der Waals surface area contributed by atoms with Crippen molar-refractivity contribution in [3.8, 4) is 5.75 Å². The number of rotatable bonds is 2. The maximum absolute atomic E-state index is 5.23. The normalized spacial score (nSPS) is 10.4. The van der Waals surface area contributed by atoms with E-state index in [1.807, 2.05) is 18.2 Å². The lowest BCUT2D eigenvalue weighted by atomic mass is 10.0. The largest absolute Gasteiger partial charge is 0.496 e. The van der Waals surface area contributed by atoms with E-state index in [1.165, 1.54) is 5.56 Å². The van der Waals surface area contributed by atoms with Crippen molar-refractivity contribution in [3.05, 3.63) is 23.8 Å². The van der Waals surface area contributed by atoms with Gasteiger partial charge in [-0.3, -0.25) is 0 Å². The molecule has 0 aliphatic heterocycles. The van der Waals surface area contributed by atoms with Gasteiger partial charge >= 0.3 is 0 Å². The van der Waals surface area contributed by atoms with Crippen LogP contribution in [0.3, 0.4) is 0 Å². The summed E-state index contributed by atoms with van der Waals surface area (Å²) in [6, 6.07) is 5.94. The van der Waals surface area contributed by atoms with Crippen LogP contribution in [0.15, 0.2) is 23.1 Å². The highest BCUT2D eigenvalue weighted by molar-refractivity contribution is 7.80. The Balaban J connectivity index is 3.12. The summed E-state index contributed by atoms with van der Waals surface area (Å²) in [5.41, 5.74) is 1.21. The maximum Gasteiger partial charge on any atom is 0.122 e. The number of hydrogen-bond donors (Lipinski definition) is 1. The van der Waals surface area contributed by atoms with Crippen LogP contribution in [0.4, 0.5) is 0 Å². The monoisotopic (exact) mass is 182 g/mol. The van der Waals surface area contributed by atoms with Crippen LogP contribution in [-0.2, 0) is 0 Å². The van der Waals surface area contributed by atoms with E-state index in [9.17, 15) is 0 Å². The van der Waals surface area contributed by atoms with Gasteiger partial charge in [0.05, 0.1) is 7.11 Å². The molecule has 0 unspecified atom stereocenters. The Morgan fingerprint density at radius 3 is 2.50 bits per heavy atom. The lowest BCUT2D eigenvalue weighted by molar-refractivity contribution is 0.407. The molecule has 0 heterocycles. The molecule has 0 atom stereocenters. The van der Waals surface area contributed by atoms with Gasteiger partial charge in [0, 0.05) is 4.90 Å². The molecule has 12 heavy (non-hydrogen) atoms. The first kappa shape index (κ1) is 9.46. The van der Waals surface area contributed by atoms with E-state index < -0.39 is 0 Å². The lowest BCUT2D eigenvalue weighted by Crippen LogP contribution is -1.93. The minimum Gasteiger partial charge on any atom is -0.496 e. The smallest absolute Gasteiger partial charge is 0.122 e. The molecule has 1 aromatic rings. The van der Waals surface area contributed by atoms with Crippen molar-refractivity contribution in [2.45, 2.75) is 24.7 Å². The molecule has 0 spiro atoms. The lowest BCUT2D eigenvalue weighted by Gasteiger charge is -2.11. The standard InChI is InChI=1S/C10H14OS/c1-7(2)9-6-8(12)4-5-10(9)11-3/h4-7,12H,1-3H3. The van der Waals surface area contributed by atoms with Crippen molar-refractivity contribution in [1.29, 1.82) is 0 Å². The molecule has 66 valence electrons. The highest BCUT2D eigenvalue weighted by Crippen LogP contribution is 2.28. The Morgan fingerprint density at radius 1 is 1.33 bits per heavy atom. The topological polar surface area (TPSA) is 9.23 Å². The van der Waals surface area contributed by atoms with Crippen LogP contribution in [-0.4, -0.2) is 7.11 Å². The van der Waals surface area contributed by atoms with Crippen LogP contribution in [0.1, 0.15) is 25.3 Å². The molecule has 1 rings (SSSR count). The van der Waals surface area contributed by atoms with Crippen LogP contribution < -0.4 is 4.74 Å². The second-order valence-electron chi connectivity index (χ2n) is 3.08. The summed E-state index contributed by atoms with van der Waals surface area (Å²) in [4.78, 5) is 0.986. The number of hydrogen-bond acceptors (Lipinski definition) is 2. The van der Waals surface area contributed by atoms with Crippen molar-refractivity contribution in [2.75, 3.05) is 7.11 Å². The summed E-state index contributed by atoms with van der Waals surface area (Å²) >= 11 is 4.28. The van der Waals surface area contributed by atoms with Gasteiger partial charge in [0.1, 0.15) is 5.75 Å². The van der Waals surface area contributed by atoms with Crippen LogP contribution in [0, 0.1) is 0 Å². The summed E-state index contributed by atoms with van der Waals surface area (Å²) in [5.74, 6) is 1.43. The minimum absolute atomic E-state index is 0.479. The van der Waals surface area contributed by atoms with E-state index in [-0.39, 0.29) is 0 Å². The molecular weight excluding hydrogens is 168 g/mol. The molecule has 0 aliphatic rings. The Kier molecular flexibility index (Phi) is 3.04. The van der Waals surface area contributed by atoms with Crippen LogP contribution >= 0.6 is 12.6 Å². The quantitative estimate of drug-likeness (QED) is 0.691. The zero-order valence-corrected chi connectivity index (χ0v) is 8.56. The third kappa shape index (κ3) is 1.95. The second kappa shape index (κ2) is 3.85. The minimum atomic E-state index is 0.479. The molecule has 0 radical (unpaired) electrons. The van der Waals surface area contributed by atoms with Gasteiger partial charge in [-0.1, -0.05) is 13.8 Å².